The van der Waals surface area contributed by atoms with Gasteiger partial charge in [-0.1, -0.05) is 29.8 Å². The van der Waals surface area contributed by atoms with E-state index in [9.17, 15) is 14.0 Å². The second-order valence-electron chi connectivity index (χ2n) is 7.54. The standard InChI is InChI=1S/C24H17ClFN5O2/c1-14-28-29-24-30(14)21-11-16(22(32)27-13-15-5-8-17(25)9-6-15)7-10-20(21)23(33)31(24)19-4-2-3-18(26)12-19/h2-12H,13H2,1H3,(H,27,32). The molecule has 0 spiro atoms. The molecular weight excluding hydrogens is 445 g/mol. The third-order valence-electron chi connectivity index (χ3n) is 5.37. The van der Waals surface area contributed by atoms with E-state index >= 15 is 0 Å². The molecule has 0 atom stereocenters. The van der Waals surface area contributed by atoms with Gasteiger partial charge in [-0.2, -0.15) is 0 Å². The second kappa shape index (κ2) is 8.14. The molecule has 5 aromatic rings. The normalized spacial score (nSPS) is 11.2. The van der Waals surface area contributed by atoms with Gasteiger partial charge in [0.1, 0.15) is 11.6 Å². The Balaban J connectivity index is 1.60. The maximum atomic E-state index is 13.9. The molecule has 5 rings (SSSR count). The number of amides is 1. The zero-order valence-corrected chi connectivity index (χ0v) is 18.2. The molecule has 2 aromatic heterocycles. The van der Waals surface area contributed by atoms with Crippen molar-refractivity contribution in [1.82, 2.24) is 24.5 Å². The van der Waals surface area contributed by atoms with Crippen molar-refractivity contribution < 1.29 is 9.18 Å². The van der Waals surface area contributed by atoms with Crippen LogP contribution in [0.2, 0.25) is 5.02 Å². The van der Waals surface area contributed by atoms with Crippen LogP contribution in [0.25, 0.3) is 22.4 Å². The Morgan fingerprint density at radius 1 is 1.06 bits per heavy atom. The van der Waals surface area contributed by atoms with Gasteiger partial charge in [0.25, 0.3) is 11.5 Å². The van der Waals surface area contributed by atoms with Crippen molar-refractivity contribution >= 4 is 34.2 Å². The Morgan fingerprint density at radius 2 is 1.85 bits per heavy atom. The van der Waals surface area contributed by atoms with E-state index in [0.29, 0.717) is 39.5 Å². The minimum absolute atomic E-state index is 0.231. The van der Waals surface area contributed by atoms with E-state index in [1.54, 1.807) is 47.7 Å². The third kappa shape index (κ3) is 3.74. The van der Waals surface area contributed by atoms with E-state index in [2.05, 4.69) is 15.5 Å². The fraction of sp³-hybridized carbons (Fsp3) is 0.0833. The molecule has 0 fully saturated rings. The van der Waals surface area contributed by atoms with Crippen LogP contribution in [0.1, 0.15) is 21.7 Å². The minimum Gasteiger partial charge on any atom is -0.348 e. The van der Waals surface area contributed by atoms with Crippen molar-refractivity contribution in [2.75, 3.05) is 0 Å². The van der Waals surface area contributed by atoms with Gasteiger partial charge >= 0.3 is 0 Å². The van der Waals surface area contributed by atoms with Crippen LogP contribution in [-0.4, -0.2) is 25.1 Å². The lowest BCUT2D eigenvalue weighted by Crippen LogP contribution is -2.24. The van der Waals surface area contributed by atoms with Gasteiger partial charge in [-0.15, -0.1) is 10.2 Å². The molecule has 1 amide bonds. The van der Waals surface area contributed by atoms with Crippen molar-refractivity contribution in [3.63, 3.8) is 0 Å². The minimum atomic E-state index is -0.471. The van der Waals surface area contributed by atoms with Crippen molar-refractivity contribution in [3.05, 3.63) is 105 Å². The number of rotatable bonds is 4. The van der Waals surface area contributed by atoms with Crippen LogP contribution in [0.4, 0.5) is 4.39 Å². The Labute approximate surface area is 192 Å². The summed E-state index contributed by atoms with van der Waals surface area (Å²) in [6.07, 6.45) is 0. The quantitative estimate of drug-likeness (QED) is 0.437. The zero-order valence-electron chi connectivity index (χ0n) is 17.4. The third-order valence-corrected chi connectivity index (χ3v) is 5.63. The first kappa shape index (κ1) is 20.8. The maximum Gasteiger partial charge on any atom is 0.267 e. The smallest absolute Gasteiger partial charge is 0.267 e. The molecule has 0 radical (unpaired) electrons. The molecule has 0 saturated heterocycles. The van der Waals surface area contributed by atoms with E-state index in [4.69, 9.17) is 11.6 Å². The summed E-state index contributed by atoms with van der Waals surface area (Å²) < 4.78 is 16.8. The summed E-state index contributed by atoms with van der Waals surface area (Å²) in [5.41, 5.74) is 1.73. The number of halogens is 2. The average molecular weight is 462 g/mol. The summed E-state index contributed by atoms with van der Waals surface area (Å²) in [7, 11) is 0. The number of nitrogens with zero attached hydrogens (tertiary/aromatic N) is 4. The fourth-order valence-electron chi connectivity index (χ4n) is 3.76. The van der Waals surface area contributed by atoms with Gasteiger partial charge in [0.15, 0.2) is 0 Å². The van der Waals surface area contributed by atoms with E-state index in [1.165, 1.54) is 22.8 Å². The summed E-state index contributed by atoms with van der Waals surface area (Å²) in [6.45, 7) is 2.07. The summed E-state index contributed by atoms with van der Waals surface area (Å²) in [4.78, 5) is 26.1. The number of hydrogen-bond acceptors (Lipinski definition) is 4. The Hall–Kier alpha value is -4.04. The highest BCUT2D eigenvalue weighted by Gasteiger charge is 2.18. The molecule has 2 heterocycles. The Morgan fingerprint density at radius 3 is 2.61 bits per heavy atom. The average Bonchev–Trinajstić information content (AvgIpc) is 3.19. The van der Waals surface area contributed by atoms with Gasteiger partial charge in [0.2, 0.25) is 5.78 Å². The molecule has 0 saturated carbocycles. The summed E-state index contributed by atoms with van der Waals surface area (Å²) in [6, 6.07) is 17.7. The van der Waals surface area contributed by atoms with Crippen LogP contribution in [0.5, 0.6) is 0 Å². The lowest BCUT2D eigenvalue weighted by molar-refractivity contribution is 0.0951. The number of aryl methyl sites for hydroxylation is 1. The van der Waals surface area contributed by atoms with Gasteiger partial charge in [-0.25, -0.2) is 8.96 Å². The molecule has 33 heavy (non-hydrogen) atoms. The highest BCUT2D eigenvalue weighted by molar-refractivity contribution is 6.30. The number of benzene rings is 3. The van der Waals surface area contributed by atoms with E-state index in [-0.39, 0.29) is 17.2 Å². The molecular formula is C24H17ClFN5O2. The summed E-state index contributed by atoms with van der Waals surface area (Å²) in [5.74, 6) is -0.00479. The van der Waals surface area contributed by atoms with Crippen LogP contribution in [0.15, 0.2) is 71.5 Å². The van der Waals surface area contributed by atoms with Crippen LogP contribution in [0, 0.1) is 12.7 Å². The Kier molecular flexibility index (Phi) is 5.14. The molecule has 164 valence electrons. The predicted molar refractivity (Wildman–Crippen MR) is 123 cm³/mol. The molecule has 0 aliphatic heterocycles. The lowest BCUT2D eigenvalue weighted by atomic mass is 10.1. The monoisotopic (exact) mass is 461 g/mol. The van der Waals surface area contributed by atoms with Crippen molar-refractivity contribution in [2.45, 2.75) is 13.5 Å². The highest BCUT2D eigenvalue weighted by Crippen LogP contribution is 2.20. The van der Waals surface area contributed by atoms with Gasteiger partial charge in [0.05, 0.1) is 16.6 Å². The number of carbonyl (C=O) groups is 1. The van der Waals surface area contributed by atoms with E-state index in [1.807, 2.05) is 12.1 Å². The van der Waals surface area contributed by atoms with Crippen molar-refractivity contribution in [1.29, 1.82) is 0 Å². The van der Waals surface area contributed by atoms with E-state index in [0.717, 1.165) is 5.56 Å². The molecule has 9 heteroatoms. The first-order valence-corrected chi connectivity index (χ1v) is 10.5. The highest BCUT2D eigenvalue weighted by atomic mass is 35.5. The molecule has 0 bridgehead atoms. The van der Waals surface area contributed by atoms with Gasteiger partial charge in [-0.05, 0) is 61.0 Å². The largest absolute Gasteiger partial charge is 0.348 e. The number of nitrogens with one attached hydrogen (secondary N) is 1. The fourth-order valence-corrected chi connectivity index (χ4v) is 3.89. The molecule has 3 aromatic carbocycles. The SMILES string of the molecule is Cc1nnc2n(-c3cccc(F)c3)c(=O)c3ccc(C(=O)NCc4ccc(Cl)cc4)cc3n12. The first-order chi connectivity index (χ1) is 15.9. The first-order valence-electron chi connectivity index (χ1n) is 10.1. The van der Waals surface area contributed by atoms with Crippen LogP contribution < -0.4 is 10.9 Å². The Bertz CT molecular complexity index is 1590. The summed E-state index contributed by atoms with van der Waals surface area (Å²) >= 11 is 5.90. The molecule has 0 aliphatic rings. The predicted octanol–water partition coefficient (Wildman–Crippen LogP) is 4.06. The van der Waals surface area contributed by atoms with Crippen molar-refractivity contribution in [3.8, 4) is 5.69 Å². The molecule has 7 nitrogen and oxygen atoms in total. The number of carbonyl (C=O) groups excluding carboxylic acids is 1. The topological polar surface area (TPSA) is 81.3 Å². The maximum absolute atomic E-state index is 13.9. The summed E-state index contributed by atoms with van der Waals surface area (Å²) in [5, 5.41) is 12.1. The van der Waals surface area contributed by atoms with Crippen LogP contribution >= 0.6 is 11.6 Å². The molecule has 0 aliphatic carbocycles. The van der Waals surface area contributed by atoms with E-state index < -0.39 is 5.82 Å². The number of aromatic nitrogens is 4. The number of fused-ring (bicyclic) bond motifs is 3. The van der Waals surface area contributed by atoms with Gasteiger partial charge < -0.3 is 5.32 Å². The molecule has 0 unspecified atom stereocenters. The number of hydrogen-bond donors (Lipinski definition) is 1. The van der Waals surface area contributed by atoms with Crippen molar-refractivity contribution in [2.24, 2.45) is 0 Å². The molecule has 1 N–H and O–H groups in total. The lowest BCUT2D eigenvalue weighted by Gasteiger charge is -2.12. The second-order valence-corrected chi connectivity index (χ2v) is 7.98. The zero-order chi connectivity index (χ0) is 23.1. The van der Waals surface area contributed by atoms with Crippen LogP contribution in [0.3, 0.4) is 0 Å². The van der Waals surface area contributed by atoms with Crippen LogP contribution in [-0.2, 0) is 6.54 Å². The van der Waals surface area contributed by atoms with Gasteiger partial charge in [0, 0.05) is 17.1 Å². The van der Waals surface area contributed by atoms with Gasteiger partial charge in [-0.3, -0.25) is 14.0 Å².